The van der Waals surface area contributed by atoms with Crippen molar-refractivity contribution < 1.29 is 17.9 Å². The number of aryl methyl sites for hydroxylation is 1. The number of rotatable bonds is 6. The summed E-state index contributed by atoms with van der Waals surface area (Å²) in [6, 6.07) is 6.20. The third-order valence-corrected chi connectivity index (χ3v) is 4.28. The van der Waals surface area contributed by atoms with Gasteiger partial charge in [-0.2, -0.15) is 0 Å². The van der Waals surface area contributed by atoms with E-state index in [2.05, 4.69) is 6.58 Å². The van der Waals surface area contributed by atoms with Crippen LogP contribution in [0, 0.1) is 12.8 Å². The first-order chi connectivity index (χ1) is 9.76. The van der Waals surface area contributed by atoms with E-state index in [0.29, 0.717) is 6.42 Å². The number of hydrogen-bond acceptors (Lipinski definition) is 4. The molecule has 1 atom stereocenters. The summed E-state index contributed by atoms with van der Waals surface area (Å²) in [6.07, 6.45) is 0.717. The highest BCUT2D eigenvalue weighted by molar-refractivity contribution is 7.90. The molecule has 6 heteroatoms. The lowest BCUT2D eigenvalue weighted by Gasteiger charge is -2.20. The smallest absolute Gasteiger partial charge is 0.421 e. The van der Waals surface area contributed by atoms with Crippen molar-refractivity contribution in [3.05, 3.63) is 42.5 Å². The number of amides is 1. The van der Waals surface area contributed by atoms with E-state index < -0.39 is 22.2 Å². The summed E-state index contributed by atoms with van der Waals surface area (Å²) < 4.78 is 31.1. The van der Waals surface area contributed by atoms with Gasteiger partial charge in [-0.1, -0.05) is 37.6 Å². The van der Waals surface area contributed by atoms with Gasteiger partial charge in [0.05, 0.1) is 4.90 Å². The van der Waals surface area contributed by atoms with Crippen LogP contribution in [0.15, 0.2) is 41.8 Å². The van der Waals surface area contributed by atoms with E-state index in [-0.39, 0.29) is 10.8 Å². The molecule has 1 amide bonds. The third kappa shape index (κ3) is 5.23. The van der Waals surface area contributed by atoms with Gasteiger partial charge in [-0.3, -0.25) is 0 Å². The molecule has 0 aliphatic carbocycles. The van der Waals surface area contributed by atoms with Crippen molar-refractivity contribution in [1.29, 1.82) is 0 Å². The molecular formula is C15H21NO4S. The molecule has 0 saturated carbocycles. The molecule has 0 bridgehead atoms. The van der Waals surface area contributed by atoms with Gasteiger partial charge < -0.3 is 4.74 Å². The van der Waals surface area contributed by atoms with E-state index in [9.17, 15) is 13.2 Å². The Morgan fingerprint density at radius 3 is 2.38 bits per heavy atom. The first kappa shape index (κ1) is 17.2. The van der Waals surface area contributed by atoms with Crippen molar-refractivity contribution in [2.24, 2.45) is 5.92 Å². The molecule has 0 aromatic heterocycles. The standard InChI is InChI=1S/C15H21NO4S/c1-5-6-14(11(2)3)20-15(17)16-21(18,19)13-9-7-12(4)8-10-13/h5,7-11,14H,1,6H2,2-4H3,(H,16,17)/t14-/m1/s1. The minimum Gasteiger partial charge on any atom is -0.445 e. The van der Waals surface area contributed by atoms with Gasteiger partial charge in [0.2, 0.25) is 0 Å². The molecule has 0 heterocycles. The lowest BCUT2D eigenvalue weighted by Crippen LogP contribution is -2.35. The summed E-state index contributed by atoms with van der Waals surface area (Å²) in [7, 11) is -3.91. The van der Waals surface area contributed by atoms with E-state index in [1.807, 2.05) is 25.5 Å². The summed E-state index contributed by atoms with van der Waals surface area (Å²) in [5.74, 6) is 0.0656. The van der Waals surface area contributed by atoms with E-state index in [1.165, 1.54) is 12.1 Å². The number of sulfonamides is 1. The topological polar surface area (TPSA) is 72.5 Å². The number of benzene rings is 1. The largest absolute Gasteiger partial charge is 0.445 e. The molecule has 0 saturated heterocycles. The number of carbonyl (C=O) groups excluding carboxylic acids is 1. The molecule has 1 rings (SSSR count). The summed E-state index contributed by atoms with van der Waals surface area (Å²) in [6.45, 7) is 9.21. The van der Waals surface area contributed by atoms with Crippen LogP contribution in [0.5, 0.6) is 0 Å². The second kappa shape index (κ2) is 7.26. The summed E-state index contributed by atoms with van der Waals surface area (Å²) in [5.41, 5.74) is 0.933. The quantitative estimate of drug-likeness (QED) is 0.820. The van der Waals surface area contributed by atoms with Crippen LogP contribution in [-0.2, 0) is 14.8 Å². The second-order valence-electron chi connectivity index (χ2n) is 5.13. The van der Waals surface area contributed by atoms with Gasteiger partial charge in [0.1, 0.15) is 6.10 Å². The average molecular weight is 311 g/mol. The monoisotopic (exact) mass is 311 g/mol. The number of nitrogens with one attached hydrogen (secondary N) is 1. The van der Waals surface area contributed by atoms with Crippen LogP contribution >= 0.6 is 0 Å². The van der Waals surface area contributed by atoms with Crippen molar-refractivity contribution in [3.63, 3.8) is 0 Å². The zero-order valence-corrected chi connectivity index (χ0v) is 13.3. The van der Waals surface area contributed by atoms with Crippen LogP contribution in [0.1, 0.15) is 25.8 Å². The summed E-state index contributed by atoms with van der Waals surface area (Å²) >= 11 is 0. The van der Waals surface area contributed by atoms with Crippen LogP contribution in [0.25, 0.3) is 0 Å². The molecular weight excluding hydrogens is 290 g/mol. The Balaban J connectivity index is 2.77. The van der Waals surface area contributed by atoms with Crippen LogP contribution in [0.3, 0.4) is 0 Å². The molecule has 0 spiro atoms. The molecule has 0 aliphatic rings. The predicted molar refractivity (Wildman–Crippen MR) is 81.4 cm³/mol. The maximum Gasteiger partial charge on any atom is 0.421 e. The van der Waals surface area contributed by atoms with Crippen LogP contribution in [0.4, 0.5) is 4.79 Å². The molecule has 5 nitrogen and oxygen atoms in total. The van der Waals surface area contributed by atoms with Gasteiger partial charge in [-0.05, 0) is 25.0 Å². The van der Waals surface area contributed by atoms with E-state index in [0.717, 1.165) is 5.56 Å². The van der Waals surface area contributed by atoms with Gasteiger partial charge >= 0.3 is 6.09 Å². The Labute approximate surface area is 126 Å². The number of carbonyl (C=O) groups is 1. The van der Waals surface area contributed by atoms with Crippen molar-refractivity contribution in [3.8, 4) is 0 Å². The normalized spacial score (nSPS) is 12.8. The second-order valence-corrected chi connectivity index (χ2v) is 6.81. The maximum absolute atomic E-state index is 12.0. The molecule has 0 fully saturated rings. The van der Waals surface area contributed by atoms with Crippen LogP contribution < -0.4 is 4.72 Å². The Bertz CT molecular complexity index is 591. The highest BCUT2D eigenvalue weighted by Crippen LogP contribution is 2.13. The van der Waals surface area contributed by atoms with Gasteiger partial charge in [-0.25, -0.2) is 17.9 Å². The average Bonchev–Trinajstić information content (AvgIpc) is 2.37. The molecule has 0 radical (unpaired) electrons. The van der Waals surface area contributed by atoms with Crippen molar-refractivity contribution in [1.82, 2.24) is 4.72 Å². The molecule has 21 heavy (non-hydrogen) atoms. The first-order valence-corrected chi connectivity index (χ1v) is 8.15. The van der Waals surface area contributed by atoms with Crippen molar-refractivity contribution in [2.45, 2.75) is 38.2 Å². The SMILES string of the molecule is C=CC[C@@H](OC(=O)NS(=O)(=O)c1ccc(C)cc1)C(C)C. The van der Waals surface area contributed by atoms with Crippen LogP contribution in [-0.4, -0.2) is 20.6 Å². The molecule has 1 aromatic carbocycles. The zero-order valence-electron chi connectivity index (χ0n) is 12.5. The summed E-state index contributed by atoms with van der Waals surface area (Å²) in [4.78, 5) is 11.8. The highest BCUT2D eigenvalue weighted by Gasteiger charge is 2.22. The molecule has 1 N–H and O–H groups in total. The Hall–Kier alpha value is -1.82. The molecule has 116 valence electrons. The van der Waals surface area contributed by atoms with E-state index in [4.69, 9.17) is 4.74 Å². The molecule has 0 unspecified atom stereocenters. The third-order valence-electron chi connectivity index (χ3n) is 2.95. The van der Waals surface area contributed by atoms with Gasteiger partial charge in [0.15, 0.2) is 0 Å². The minimum atomic E-state index is -3.91. The van der Waals surface area contributed by atoms with Crippen molar-refractivity contribution in [2.75, 3.05) is 0 Å². The van der Waals surface area contributed by atoms with E-state index >= 15 is 0 Å². The Morgan fingerprint density at radius 2 is 1.90 bits per heavy atom. The fraction of sp³-hybridized carbons (Fsp3) is 0.400. The lowest BCUT2D eigenvalue weighted by molar-refractivity contribution is 0.0774. The van der Waals surface area contributed by atoms with E-state index in [1.54, 1.807) is 18.2 Å². The lowest BCUT2D eigenvalue weighted by atomic mass is 10.0. The Kier molecular flexibility index (Phi) is 5.96. The highest BCUT2D eigenvalue weighted by atomic mass is 32.2. The molecule has 1 aromatic rings. The fourth-order valence-electron chi connectivity index (χ4n) is 1.67. The zero-order chi connectivity index (χ0) is 16.0. The fourth-order valence-corrected chi connectivity index (χ4v) is 2.55. The van der Waals surface area contributed by atoms with Gasteiger partial charge in [-0.15, -0.1) is 6.58 Å². The van der Waals surface area contributed by atoms with Gasteiger partial charge in [0.25, 0.3) is 10.0 Å². The molecule has 0 aliphatic heterocycles. The minimum absolute atomic E-state index is 0.0230. The van der Waals surface area contributed by atoms with Crippen molar-refractivity contribution >= 4 is 16.1 Å². The van der Waals surface area contributed by atoms with Crippen LogP contribution in [0.2, 0.25) is 0 Å². The number of hydrogen-bond donors (Lipinski definition) is 1. The van der Waals surface area contributed by atoms with Gasteiger partial charge in [0, 0.05) is 6.42 Å². The predicted octanol–water partition coefficient (Wildman–Crippen LogP) is 3.01. The Morgan fingerprint density at radius 1 is 1.33 bits per heavy atom. The number of ether oxygens (including phenoxy) is 1. The maximum atomic E-state index is 12.0. The first-order valence-electron chi connectivity index (χ1n) is 6.67. The summed E-state index contributed by atoms with van der Waals surface area (Å²) in [5, 5.41) is 0.